The molecule has 4 heteroatoms. The lowest BCUT2D eigenvalue weighted by molar-refractivity contribution is 0.861. The van der Waals surface area contributed by atoms with Crippen molar-refractivity contribution in [3.8, 4) is 5.69 Å². The van der Waals surface area contributed by atoms with Crippen LogP contribution in [0.1, 0.15) is 23.2 Å². The van der Waals surface area contributed by atoms with Crippen molar-refractivity contribution in [2.75, 3.05) is 0 Å². The molecule has 0 radical (unpaired) electrons. The van der Waals surface area contributed by atoms with E-state index in [2.05, 4.69) is 19.1 Å². The minimum Gasteiger partial charge on any atom is -0.233 e. The third kappa shape index (κ3) is 2.57. The molecule has 23 heavy (non-hydrogen) atoms. The van der Waals surface area contributed by atoms with Crippen molar-refractivity contribution in [3.63, 3.8) is 0 Å². The number of aliphatic imine (C=N–C) groups is 1. The fourth-order valence-electron chi connectivity index (χ4n) is 2.98. The summed E-state index contributed by atoms with van der Waals surface area (Å²) in [7, 11) is 0. The summed E-state index contributed by atoms with van der Waals surface area (Å²) >= 11 is 5.99. The van der Waals surface area contributed by atoms with Gasteiger partial charge in [0.25, 0.3) is 0 Å². The zero-order valence-corrected chi connectivity index (χ0v) is 13.6. The van der Waals surface area contributed by atoms with Crippen molar-refractivity contribution < 1.29 is 0 Å². The topological polar surface area (TPSA) is 30.2 Å². The summed E-state index contributed by atoms with van der Waals surface area (Å²) in [6.07, 6.45) is 1.89. The Morgan fingerprint density at radius 3 is 2.43 bits per heavy atom. The fraction of sp³-hybridized carbons (Fsp3) is 0.158. The molecule has 1 aliphatic rings. The summed E-state index contributed by atoms with van der Waals surface area (Å²) in [5, 5.41) is 5.44. The molecule has 0 unspecified atom stereocenters. The first-order valence-electron chi connectivity index (χ1n) is 7.70. The molecule has 0 N–H and O–H groups in total. The molecule has 3 nitrogen and oxygen atoms in total. The van der Waals surface area contributed by atoms with Gasteiger partial charge >= 0.3 is 0 Å². The van der Waals surface area contributed by atoms with Crippen LogP contribution in [0.2, 0.25) is 5.02 Å². The first-order valence-corrected chi connectivity index (χ1v) is 8.07. The van der Waals surface area contributed by atoms with Gasteiger partial charge < -0.3 is 0 Å². The Morgan fingerprint density at radius 2 is 1.70 bits per heavy atom. The molecule has 0 saturated heterocycles. The van der Waals surface area contributed by atoms with Crippen LogP contribution in [0.5, 0.6) is 0 Å². The van der Waals surface area contributed by atoms with E-state index < -0.39 is 0 Å². The zero-order valence-electron chi connectivity index (χ0n) is 12.8. The highest BCUT2D eigenvalue weighted by atomic mass is 35.5. The van der Waals surface area contributed by atoms with Gasteiger partial charge in [-0.1, -0.05) is 41.9 Å². The first kappa shape index (κ1) is 14.2. The SMILES string of the molecule is Cc1nn(-c2ccccc2)c2c1CCC(c1ccc(Cl)cc1)=N2. The molecule has 4 rings (SSSR count). The highest BCUT2D eigenvalue weighted by Gasteiger charge is 2.21. The number of aromatic nitrogens is 2. The standard InChI is InChI=1S/C19H16ClN3/c1-13-17-11-12-18(14-7-9-15(20)10-8-14)21-19(17)23(22-13)16-5-3-2-4-6-16/h2-10H,11-12H2,1H3. The van der Waals surface area contributed by atoms with Crippen LogP contribution < -0.4 is 0 Å². The number of para-hydroxylation sites is 1. The molecule has 2 aromatic carbocycles. The zero-order chi connectivity index (χ0) is 15.8. The molecule has 1 aliphatic heterocycles. The Bertz CT molecular complexity index is 877. The maximum Gasteiger partial charge on any atom is 0.159 e. The van der Waals surface area contributed by atoms with Crippen molar-refractivity contribution >= 4 is 23.1 Å². The summed E-state index contributed by atoms with van der Waals surface area (Å²) < 4.78 is 1.94. The summed E-state index contributed by atoms with van der Waals surface area (Å²) in [6, 6.07) is 18.0. The number of hydrogen-bond donors (Lipinski definition) is 0. The molecular formula is C19H16ClN3. The molecule has 1 aromatic heterocycles. The maximum atomic E-state index is 5.99. The van der Waals surface area contributed by atoms with Crippen molar-refractivity contribution in [1.82, 2.24) is 9.78 Å². The summed E-state index contributed by atoms with van der Waals surface area (Å²) in [6.45, 7) is 2.06. The van der Waals surface area contributed by atoms with Crippen molar-refractivity contribution in [2.45, 2.75) is 19.8 Å². The van der Waals surface area contributed by atoms with Gasteiger partial charge in [-0.15, -0.1) is 0 Å². The van der Waals surface area contributed by atoms with Crippen molar-refractivity contribution in [2.24, 2.45) is 4.99 Å². The molecule has 0 aliphatic carbocycles. The number of hydrogen-bond acceptors (Lipinski definition) is 2. The lowest BCUT2D eigenvalue weighted by atomic mass is 9.99. The average molecular weight is 322 g/mol. The normalized spacial score (nSPS) is 13.6. The minimum atomic E-state index is 0.746. The number of benzene rings is 2. The molecule has 0 bridgehead atoms. The van der Waals surface area contributed by atoms with Crippen molar-refractivity contribution in [1.29, 1.82) is 0 Å². The predicted octanol–water partition coefficient (Wildman–Crippen LogP) is 4.90. The number of halogens is 1. The van der Waals surface area contributed by atoms with E-state index in [0.29, 0.717) is 0 Å². The highest BCUT2D eigenvalue weighted by Crippen LogP contribution is 2.32. The third-order valence-electron chi connectivity index (χ3n) is 4.19. The molecule has 3 aromatic rings. The van der Waals surface area contributed by atoms with E-state index >= 15 is 0 Å². The monoisotopic (exact) mass is 321 g/mol. The van der Waals surface area contributed by atoms with Gasteiger partial charge in [0.1, 0.15) is 0 Å². The molecule has 0 saturated carbocycles. The van der Waals surface area contributed by atoms with Crippen LogP contribution >= 0.6 is 11.6 Å². The van der Waals surface area contributed by atoms with Crippen LogP contribution in [-0.4, -0.2) is 15.5 Å². The second-order valence-corrected chi connectivity index (χ2v) is 6.14. The van der Waals surface area contributed by atoms with Crippen LogP contribution in [0.3, 0.4) is 0 Å². The van der Waals surface area contributed by atoms with Gasteiger partial charge in [0, 0.05) is 10.6 Å². The Balaban J connectivity index is 1.83. The molecule has 0 atom stereocenters. The maximum absolute atomic E-state index is 5.99. The number of fused-ring (bicyclic) bond motifs is 1. The quantitative estimate of drug-likeness (QED) is 0.660. The van der Waals surface area contributed by atoms with Crippen LogP contribution in [0, 0.1) is 6.92 Å². The van der Waals surface area contributed by atoms with Gasteiger partial charge in [0.15, 0.2) is 5.82 Å². The lowest BCUT2D eigenvalue weighted by Crippen LogP contribution is -2.08. The molecule has 0 fully saturated rings. The molecule has 0 amide bonds. The Hall–Kier alpha value is -2.39. The van der Waals surface area contributed by atoms with Gasteiger partial charge in [0.2, 0.25) is 0 Å². The number of nitrogens with zero attached hydrogens (tertiary/aromatic N) is 3. The second kappa shape index (κ2) is 5.67. The summed E-state index contributed by atoms with van der Waals surface area (Å²) in [5.41, 5.74) is 5.55. The fourth-order valence-corrected chi connectivity index (χ4v) is 3.11. The van der Waals surface area contributed by atoms with Gasteiger partial charge in [-0.3, -0.25) is 0 Å². The minimum absolute atomic E-state index is 0.746. The van der Waals surface area contributed by atoms with E-state index in [-0.39, 0.29) is 0 Å². The van der Waals surface area contributed by atoms with Crippen molar-refractivity contribution in [3.05, 3.63) is 76.4 Å². The van der Waals surface area contributed by atoms with Gasteiger partial charge in [-0.25, -0.2) is 9.67 Å². The van der Waals surface area contributed by atoms with Crippen LogP contribution in [0.4, 0.5) is 5.82 Å². The van der Waals surface area contributed by atoms with Gasteiger partial charge in [-0.05, 0) is 49.6 Å². The van der Waals surface area contributed by atoms with Crippen LogP contribution in [-0.2, 0) is 6.42 Å². The van der Waals surface area contributed by atoms with Crippen LogP contribution in [0.25, 0.3) is 5.69 Å². The first-order chi connectivity index (χ1) is 11.2. The van der Waals surface area contributed by atoms with E-state index in [0.717, 1.165) is 46.3 Å². The van der Waals surface area contributed by atoms with E-state index in [1.165, 1.54) is 5.56 Å². The Kier molecular flexibility index (Phi) is 3.50. The predicted molar refractivity (Wildman–Crippen MR) is 94.3 cm³/mol. The third-order valence-corrected chi connectivity index (χ3v) is 4.44. The molecular weight excluding hydrogens is 306 g/mol. The summed E-state index contributed by atoms with van der Waals surface area (Å²) in [4.78, 5) is 4.92. The Morgan fingerprint density at radius 1 is 0.957 bits per heavy atom. The van der Waals surface area contributed by atoms with E-state index in [1.54, 1.807) is 0 Å². The smallest absolute Gasteiger partial charge is 0.159 e. The average Bonchev–Trinajstić information content (AvgIpc) is 2.93. The highest BCUT2D eigenvalue weighted by molar-refractivity contribution is 6.30. The van der Waals surface area contributed by atoms with E-state index in [1.807, 2.05) is 47.1 Å². The summed E-state index contributed by atoms with van der Waals surface area (Å²) in [5.74, 6) is 0.949. The lowest BCUT2D eigenvalue weighted by Gasteiger charge is -2.14. The van der Waals surface area contributed by atoms with E-state index in [9.17, 15) is 0 Å². The second-order valence-electron chi connectivity index (χ2n) is 5.70. The molecule has 114 valence electrons. The van der Waals surface area contributed by atoms with E-state index in [4.69, 9.17) is 21.7 Å². The molecule has 2 heterocycles. The Labute approximate surface area is 140 Å². The number of aryl methyl sites for hydroxylation is 1. The largest absolute Gasteiger partial charge is 0.233 e. The molecule has 0 spiro atoms. The van der Waals surface area contributed by atoms with Crippen LogP contribution in [0.15, 0.2) is 59.6 Å². The van der Waals surface area contributed by atoms with Gasteiger partial charge in [0.05, 0.1) is 17.1 Å². The number of rotatable bonds is 2. The van der Waals surface area contributed by atoms with Gasteiger partial charge in [-0.2, -0.15) is 5.10 Å².